The number of rotatable bonds is 6. The highest BCUT2D eigenvalue weighted by molar-refractivity contribution is 6.30. The minimum absolute atomic E-state index is 0.0131. The molecule has 0 aliphatic carbocycles. The molecular formula is C16H25ClFNO. The number of nitrogens with one attached hydrogen (secondary N) is 1. The lowest BCUT2D eigenvalue weighted by Crippen LogP contribution is -2.49. The zero-order valence-corrected chi connectivity index (χ0v) is 13.7. The maximum absolute atomic E-state index is 14.1. The molecule has 1 N–H and O–H groups in total. The largest absolute Gasteiger partial charge is 0.379 e. The van der Waals surface area contributed by atoms with E-state index in [1.165, 1.54) is 0 Å². The molecule has 0 saturated heterocycles. The van der Waals surface area contributed by atoms with Crippen molar-refractivity contribution in [2.45, 2.75) is 46.3 Å². The number of halogens is 2. The highest BCUT2D eigenvalue weighted by Crippen LogP contribution is 2.27. The molecule has 0 heterocycles. The number of likely N-dealkylation sites (N-methyl/N-ethyl adjacent to an activating group) is 1. The molecule has 0 spiro atoms. The van der Waals surface area contributed by atoms with E-state index in [0.29, 0.717) is 12.0 Å². The van der Waals surface area contributed by atoms with E-state index in [1.54, 1.807) is 25.3 Å². The van der Waals surface area contributed by atoms with Gasteiger partial charge in [-0.25, -0.2) is 4.39 Å². The fraction of sp³-hybridized carbons (Fsp3) is 0.625. The van der Waals surface area contributed by atoms with Crippen molar-refractivity contribution in [1.82, 2.24) is 5.32 Å². The van der Waals surface area contributed by atoms with Crippen LogP contribution in [0.25, 0.3) is 0 Å². The lowest BCUT2D eigenvalue weighted by atomic mass is 9.82. The second kappa shape index (κ2) is 7.39. The predicted octanol–water partition coefficient (Wildman–Crippen LogP) is 4.06. The lowest BCUT2D eigenvalue weighted by molar-refractivity contribution is -0.0108. The van der Waals surface area contributed by atoms with Gasteiger partial charge in [0, 0.05) is 13.2 Å². The van der Waals surface area contributed by atoms with Gasteiger partial charge in [0.1, 0.15) is 5.82 Å². The van der Waals surface area contributed by atoms with Crippen molar-refractivity contribution >= 4 is 11.6 Å². The molecular weight excluding hydrogens is 277 g/mol. The number of hydrogen-bond acceptors (Lipinski definition) is 2. The van der Waals surface area contributed by atoms with Gasteiger partial charge in [0.2, 0.25) is 0 Å². The topological polar surface area (TPSA) is 21.3 Å². The first-order chi connectivity index (χ1) is 9.31. The van der Waals surface area contributed by atoms with Crippen LogP contribution in [0.15, 0.2) is 18.2 Å². The Morgan fingerprint density at radius 3 is 2.50 bits per heavy atom. The Bertz CT molecular complexity index is 431. The molecule has 0 aromatic heterocycles. The fourth-order valence-electron chi connectivity index (χ4n) is 2.61. The van der Waals surface area contributed by atoms with Crippen molar-refractivity contribution in [3.63, 3.8) is 0 Å². The Balaban J connectivity index is 3.00. The highest BCUT2D eigenvalue weighted by Gasteiger charge is 2.32. The highest BCUT2D eigenvalue weighted by atomic mass is 35.5. The van der Waals surface area contributed by atoms with Crippen LogP contribution in [0.2, 0.25) is 5.02 Å². The number of ether oxygens (including phenoxy) is 1. The first-order valence-electron chi connectivity index (χ1n) is 7.00. The third-order valence-corrected chi connectivity index (χ3v) is 3.70. The minimum Gasteiger partial charge on any atom is -0.379 e. The summed E-state index contributed by atoms with van der Waals surface area (Å²) in [6.07, 6.45) is 0.538. The van der Waals surface area contributed by atoms with Crippen molar-refractivity contribution in [1.29, 1.82) is 0 Å². The monoisotopic (exact) mass is 301 g/mol. The third-order valence-electron chi connectivity index (χ3n) is 3.41. The molecule has 1 aromatic carbocycles. The van der Waals surface area contributed by atoms with Gasteiger partial charge in [0.25, 0.3) is 0 Å². The maximum atomic E-state index is 14.1. The summed E-state index contributed by atoms with van der Waals surface area (Å²) in [5.41, 5.74) is 0.589. The van der Waals surface area contributed by atoms with Crippen molar-refractivity contribution in [3.05, 3.63) is 34.6 Å². The summed E-state index contributed by atoms with van der Waals surface area (Å²) in [4.78, 5) is 0. The summed E-state index contributed by atoms with van der Waals surface area (Å²) >= 11 is 5.85. The van der Waals surface area contributed by atoms with Gasteiger partial charge in [0.15, 0.2) is 0 Å². The van der Waals surface area contributed by atoms with Crippen LogP contribution in [0, 0.1) is 11.2 Å². The SMILES string of the molecule is CCNC(Cc1cccc(Cl)c1F)C(OC)C(C)(C)C. The van der Waals surface area contributed by atoms with Crippen LogP contribution in [0.5, 0.6) is 0 Å². The smallest absolute Gasteiger partial charge is 0.145 e. The molecule has 2 unspecified atom stereocenters. The summed E-state index contributed by atoms with van der Waals surface area (Å²) in [6.45, 7) is 9.22. The predicted molar refractivity (Wildman–Crippen MR) is 82.8 cm³/mol. The second-order valence-electron chi connectivity index (χ2n) is 6.10. The van der Waals surface area contributed by atoms with Crippen molar-refractivity contribution in [2.75, 3.05) is 13.7 Å². The minimum atomic E-state index is -0.333. The Hall–Kier alpha value is -0.640. The Kier molecular flexibility index (Phi) is 6.44. The van der Waals surface area contributed by atoms with Crippen LogP contribution in [0.4, 0.5) is 4.39 Å². The van der Waals surface area contributed by atoms with Gasteiger partial charge < -0.3 is 10.1 Å². The molecule has 0 aliphatic rings. The molecule has 20 heavy (non-hydrogen) atoms. The van der Waals surface area contributed by atoms with Crippen LogP contribution < -0.4 is 5.32 Å². The number of hydrogen-bond donors (Lipinski definition) is 1. The quantitative estimate of drug-likeness (QED) is 0.855. The van der Waals surface area contributed by atoms with Crippen molar-refractivity contribution in [2.24, 2.45) is 5.41 Å². The van der Waals surface area contributed by atoms with Crippen LogP contribution >= 0.6 is 11.6 Å². The number of benzene rings is 1. The van der Waals surface area contributed by atoms with Gasteiger partial charge in [0.05, 0.1) is 11.1 Å². The summed E-state index contributed by atoms with van der Waals surface area (Å²) in [5, 5.41) is 3.57. The molecule has 114 valence electrons. The third kappa shape index (κ3) is 4.44. The Labute approximate surface area is 126 Å². The average Bonchev–Trinajstić information content (AvgIpc) is 2.34. The Morgan fingerprint density at radius 1 is 1.35 bits per heavy atom. The van der Waals surface area contributed by atoms with Gasteiger partial charge in [-0.2, -0.15) is 0 Å². The first-order valence-corrected chi connectivity index (χ1v) is 7.38. The molecule has 0 amide bonds. The van der Waals surface area contributed by atoms with Crippen LogP contribution in [-0.2, 0) is 11.2 Å². The zero-order valence-electron chi connectivity index (χ0n) is 13.0. The molecule has 1 rings (SSSR count). The lowest BCUT2D eigenvalue weighted by Gasteiger charge is -2.36. The van der Waals surface area contributed by atoms with Gasteiger partial charge in [-0.1, -0.05) is 51.4 Å². The van der Waals surface area contributed by atoms with E-state index >= 15 is 0 Å². The average molecular weight is 302 g/mol. The molecule has 0 radical (unpaired) electrons. The summed E-state index contributed by atoms with van der Waals surface area (Å²) in [5.74, 6) is -0.333. The zero-order chi connectivity index (χ0) is 15.3. The molecule has 2 nitrogen and oxygen atoms in total. The molecule has 4 heteroatoms. The first kappa shape index (κ1) is 17.4. The van der Waals surface area contributed by atoms with Crippen molar-refractivity contribution < 1.29 is 9.13 Å². The molecule has 2 atom stereocenters. The number of methoxy groups -OCH3 is 1. The van der Waals surface area contributed by atoms with E-state index in [0.717, 1.165) is 6.54 Å². The van der Waals surface area contributed by atoms with E-state index in [9.17, 15) is 4.39 Å². The van der Waals surface area contributed by atoms with E-state index in [1.807, 2.05) is 6.92 Å². The van der Waals surface area contributed by atoms with Gasteiger partial charge >= 0.3 is 0 Å². The molecule has 0 fully saturated rings. The van der Waals surface area contributed by atoms with E-state index < -0.39 is 0 Å². The molecule has 1 aromatic rings. The maximum Gasteiger partial charge on any atom is 0.145 e. The van der Waals surface area contributed by atoms with Crippen LogP contribution in [0.3, 0.4) is 0 Å². The Morgan fingerprint density at radius 2 is 2.00 bits per heavy atom. The van der Waals surface area contributed by atoms with Crippen LogP contribution in [-0.4, -0.2) is 25.8 Å². The molecule has 0 bridgehead atoms. The van der Waals surface area contributed by atoms with Gasteiger partial charge in [-0.15, -0.1) is 0 Å². The molecule has 0 saturated carbocycles. The normalized spacial score (nSPS) is 15.2. The summed E-state index contributed by atoms with van der Waals surface area (Å²) in [7, 11) is 1.70. The van der Waals surface area contributed by atoms with Gasteiger partial charge in [-0.3, -0.25) is 0 Å². The second-order valence-corrected chi connectivity index (χ2v) is 6.51. The molecule has 0 aliphatic heterocycles. The van der Waals surface area contributed by atoms with Crippen molar-refractivity contribution in [3.8, 4) is 0 Å². The van der Waals surface area contributed by atoms with Crippen LogP contribution in [0.1, 0.15) is 33.3 Å². The summed E-state index contributed by atoms with van der Waals surface area (Å²) < 4.78 is 19.7. The standard InChI is InChI=1S/C16H25ClFNO/c1-6-19-13(15(20-5)16(2,3)4)10-11-8-7-9-12(17)14(11)18/h7-9,13,15,19H,6,10H2,1-5H3. The van der Waals surface area contributed by atoms with E-state index in [2.05, 4.69) is 26.1 Å². The van der Waals surface area contributed by atoms with E-state index in [-0.39, 0.29) is 28.4 Å². The van der Waals surface area contributed by atoms with E-state index in [4.69, 9.17) is 16.3 Å². The van der Waals surface area contributed by atoms with Gasteiger partial charge in [-0.05, 0) is 30.0 Å². The summed E-state index contributed by atoms with van der Waals surface area (Å²) in [6, 6.07) is 5.17. The fourth-order valence-corrected chi connectivity index (χ4v) is 2.81.